The molecule has 0 saturated heterocycles. The molecule has 3 atom stereocenters. The summed E-state index contributed by atoms with van der Waals surface area (Å²) in [6.45, 7) is 10.9. The van der Waals surface area contributed by atoms with Gasteiger partial charge in [-0.1, -0.05) is 90.5 Å². The van der Waals surface area contributed by atoms with E-state index >= 15 is 0 Å². The topological polar surface area (TPSA) is 35.5 Å². The third kappa shape index (κ3) is 9.83. The molecule has 9 heteroatoms. The lowest BCUT2D eigenvalue weighted by Gasteiger charge is -2.20. The number of unbranched alkanes of at least 4 members (excludes halogenated alkanes) is 4. The molecule has 0 aliphatic rings. The van der Waals surface area contributed by atoms with Gasteiger partial charge in [0.1, 0.15) is 6.10 Å². The molecule has 0 N–H and O–H groups in total. The van der Waals surface area contributed by atoms with Crippen LogP contribution in [0.25, 0.3) is 61.6 Å². The fraction of sp³-hybridized carbons (Fsp3) is 0.408. The van der Waals surface area contributed by atoms with Crippen LogP contribution >= 0.6 is 68.0 Å². The molecule has 1 aromatic carbocycles. The van der Waals surface area contributed by atoms with Gasteiger partial charge < -0.3 is 9.47 Å². The summed E-state index contributed by atoms with van der Waals surface area (Å²) in [7, 11) is 1.80. The predicted molar refractivity (Wildman–Crippen MR) is 260 cm³/mol. The molecule has 6 heterocycles. The van der Waals surface area contributed by atoms with Crippen molar-refractivity contribution in [1.29, 1.82) is 0 Å². The molecule has 0 radical (unpaired) electrons. The smallest absolute Gasteiger partial charge is 0.309 e. The Morgan fingerprint density at radius 1 is 0.655 bits per heavy atom. The standard InChI is InChI=1S/C49H56O3S6/c1-7-12-14-15-17-31(16-13-8-2)49(50)52-37(11-5)41-26-29-43(56-41)42-23-20-33(53-42)19-22-39-34(9-3)47-48(57-39)35-21-18-32(30-46(35)58-47)38-24-27-44(54-38)45-28-25-40(55-45)36(10-4)51-6/h9,18,20-31,36-37H,7-8,10-17,19H2,1-6H3/b34-9+,39-22+. The van der Waals surface area contributed by atoms with E-state index in [1.807, 2.05) is 56.7 Å². The van der Waals surface area contributed by atoms with Gasteiger partial charge in [-0.3, -0.25) is 4.79 Å². The highest BCUT2D eigenvalue weighted by atomic mass is 32.1. The molecule has 0 spiro atoms. The van der Waals surface area contributed by atoms with Crippen LogP contribution in [0.4, 0.5) is 0 Å². The van der Waals surface area contributed by atoms with Crippen LogP contribution in [-0.4, -0.2) is 13.1 Å². The fourth-order valence-electron chi connectivity index (χ4n) is 7.67. The molecular formula is C49H56O3S6. The Morgan fingerprint density at radius 2 is 1.31 bits per heavy atom. The second-order valence-electron chi connectivity index (χ2n) is 15.0. The van der Waals surface area contributed by atoms with Crippen molar-refractivity contribution in [2.24, 2.45) is 5.92 Å². The lowest BCUT2D eigenvalue weighted by Crippen LogP contribution is -2.20. The third-order valence-corrected chi connectivity index (χ3v) is 18.5. The van der Waals surface area contributed by atoms with Gasteiger partial charge in [0.25, 0.3) is 0 Å². The molecule has 0 aliphatic heterocycles. The second-order valence-corrected chi connectivity index (χ2v) is 21.6. The number of hydrogen-bond acceptors (Lipinski definition) is 9. The SMILES string of the molecule is C/C=c1\c(=C/Cc2ccc(-c3ccc(C(CC)OC(=O)C(CCCC)CCCCCC)s3)s2)sc2c1sc1cc(-c3ccc(-c4ccc(C(CC)OC)s4)s3)ccc12. The number of esters is 1. The van der Waals surface area contributed by atoms with Gasteiger partial charge in [-0.25, -0.2) is 0 Å². The van der Waals surface area contributed by atoms with Crippen LogP contribution < -0.4 is 9.75 Å². The molecule has 0 fully saturated rings. The maximum atomic E-state index is 13.4. The molecule has 7 aromatic rings. The molecule has 0 bridgehead atoms. The second kappa shape index (κ2) is 20.6. The molecule has 3 unspecified atom stereocenters. The number of carbonyl (C=O) groups is 1. The molecule has 0 amide bonds. The number of ether oxygens (including phenoxy) is 2. The Hall–Kier alpha value is -2.89. The summed E-state index contributed by atoms with van der Waals surface area (Å²) < 4.78 is 17.4. The highest BCUT2D eigenvalue weighted by Crippen LogP contribution is 2.43. The molecule has 7 rings (SSSR count). The van der Waals surface area contributed by atoms with E-state index in [1.165, 1.54) is 88.2 Å². The van der Waals surface area contributed by atoms with E-state index < -0.39 is 0 Å². The van der Waals surface area contributed by atoms with E-state index in [1.54, 1.807) is 18.4 Å². The van der Waals surface area contributed by atoms with Crippen molar-refractivity contribution in [2.45, 2.75) is 117 Å². The Bertz CT molecular complexity index is 2530. The Labute approximate surface area is 368 Å². The number of methoxy groups -OCH3 is 1. The predicted octanol–water partition coefficient (Wildman–Crippen LogP) is 16.1. The van der Waals surface area contributed by atoms with Crippen molar-refractivity contribution >= 4 is 106 Å². The minimum Gasteiger partial charge on any atom is -0.456 e. The molecule has 58 heavy (non-hydrogen) atoms. The van der Waals surface area contributed by atoms with E-state index in [9.17, 15) is 4.79 Å². The number of fused-ring (bicyclic) bond motifs is 3. The molecule has 0 saturated carbocycles. The summed E-state index contributed by atoms with van der Waals surface area (Å²) >= 11 is 11.2. The molecule has 0 aliphatic carbocycles. The average molecular weight is 885 g/mol. The van der Waals surface area contributed by atoms with Gasteiger partial charge >= 0.3 is 5.97 Å². The minimum atomic E-state index is -0.179. The first-order valence-electron chi connectivity index (χ1n) is 21.1. The van der Waals surface area contributed by atoms with Gasteiger partial charge in [0, 0.05) is 72.4 Å². The van der Waals surface area contributed by atoms with Crippen molar-refractivity contribution in [3.05, 3.63) is 91.1 Å². The van der Waals surface area contributed by atoms with E-state index in [0.717, 1.165) is 56.2 Å². The van der Waals surface area contributed by atoms with Gasteiger partial charge in [-0.15, -0.1) is 68.0 Å². The summed E-state index contributed by atoms with van der Waals surface area (Å²) in [6.07, 6.45) is 16.2. The maximum Gasteiger partial charge on any atom is 0.309 e. The quantitative estimate of drug-likeness (QED) is 0.0565. The van der Waals surface area contributed by atoms with E-state index in [0.29, 0.717) is 0 Å². The molecular weight excluding hydrogens is 829 g/mol. The summed E-state index contributed by atoms with van der Waals surface area (Å²) in [6, 6.07) is 25.0. The highest BCUT2D eigenvalue weighted by Gasteiger charge is 2.25. The minimum absolute atomic E-state index is 0.0000513. The monoisotopic (exact) mass is 884 g/mol. The van der Waals surface area contributed by atoms with Gasteiger partial charge in [0.2, 0.25) is 0 Å². The summed E-state index contributed by atoms with van der Waals surface area (Å²) in [5.74, 6) is 0.0187. The maximum absolute atomic E-state index is 13.4. The van der Waals surface area contributed by atoms with Crippen molar-refractivity contribution in [3.63, 3.8) is 0 Å². The van der Waals surface area contributed by atoms with Gasteiger partial charge in [0.05, 0.1) is 21.4 Å². The average Bonchev–Trinajstić information content (AvgIpc) is 4.10. The zero-order valence-electron chi connectivity index (χ0n) is 34.7. The van der Waals surface area contributed by atoms with Crippen LogP contribution in [-0.2, 0) is 20.7 Å². The summed E-state index contributed by atoms with van der Waals surface area (Å²) in [5.41, 5.74) is 1.29. The Morgan fingerprint density at radius 3 is 2.02 bits per heavy atom. The van der Waals surface area contributed by atoms with Gasteiger partial charge in [0.15, 0.2) is 0 Å². The number of thiophene rings is 6. The zero-order chi connectivity index (χ0) is 40.6. The van der Waals surface area contributed by atoms with E-state index in [2.05, 4.69) is 114 Å². The largest absolute Gasteiger partial charge is 0.456 e. The lowest BCUT2D eigenvalue weighted by molar-refractivity contribution is -0.155. The van der Waals surface area contributed by atoms with E-state index in [4.69, 9.17) is 9.47 Å². The lowest BCUT2D eigenvalue weighted by atomic mass is 9.95. The van der Waals surface area contributed by atoms with Crippen molar-refractivity contribution in [2.75, 3.05) is 7.11 Å². The van der Waals surface area contributed by atoms with Gasteiger partial charge in [-0.2, -0.15) is 0 Å². The highest BCUT2D eigenvalue weighted by molar-refractivity contribution is 7.32. The summed E-state index contributed by atoms with van der Waals surface area (Å²) in [4.78, 5) is 23.7. The third-order valence-electron chi connectivity index (χ3n) is 11.0. The van der Waals surface area contributed by atoms with E-state index in [-0.39, 0.29) is 24.1 Å². The van der Waals surface area contributed by atoms with Crippen LogP contribution in [0.1, 0.15) is 126 Å². The van der Waals surface area contributed by atoms with Crippen LogP contribution in [0.5, 0.6) is 0 Å². The number of hydrogen-bond donors (Lipinski definition) is 0. The Kier molecular flexibility index (Phi) is 15.3. The first kappa shape index (κ1) is 43.2. The number of carbonyl (C=O) groups excluding carboxylic acids is 1. The van der Waals surface area contributed by atoms with Crippen LogP contribution in [0.15, 0.2) is 66.7 Å². The number of rotatable bonds is 20. The fourth-order valence-corrected chi connectivity index (χ4v) is 14.9. The van der Waals surface area contributed by atoms with Crippen molar-refractivity contribution in [3.8, 4) is 29.9 Å². The number of benzene rings is 1. The van der Waals surface area contributed by atoms with Gasteiger partial charge in [-0.05, 0) is 92.8 Å². The zero-order valence-corrected chi connectivity index (χ0v) is 39.6. The van der Waals surface area contributed by atoms with Crippen molar-refractivity contribution in [1.82, 2.24) is 0 Å². The van der Waals surface area contributed by atoms with Crippen LogP contribution in [0.2, 0.25) is 0 Å². The first-order chi connectivity index (χ1) is 28.4. The van der Waals surface area contributed by atoms with Crippen LogP contribution in [0, 0.1) is 5.92 Å². The molecule has 3 nitrogen and oxygen atoms in total. The van der Waals surface area contributed by atoms with Crippen LogP contribution in [0.3, 0.4) is 0 Å². The van der Waals surface area contributed by atoms with Crippen molar-refractivity contribution < 1.29 is 14.3 Å². The molecule has 306 valence electrons. The molecule has 6 aromatic heterocycles. The summed E-state index contributed by atoms with van der Waals surface area (Å²) in [5, 5.41) is 2.71. The normalized spacial score (nSPS) is 14.2. The Balaban J connectivity index is 1.03. The first-order valence-corrected chi connectivity index (χ1v) is 26.0.